The summed E-state index contributed by atoms with van der Waals surface area (Å²) in [6, 6.07) is 0. The molecular weight excluding hydrogens is 419 g/mol. The van der Waals surface area contributed by atoms with Gasteiger partial charge >= 0.3 is 0 Å². The summed E-state index contributed by atoms with van der Waals surface area (Å²) >= 11 is 0. The number of nitrogens with one attached hydrogen (secondary N) is 1. The van der Waals surface area contributed by atoms with Crippen LogP contribution in [0.5, 0.6) is 0 Å². The predicted octanol–water partition coefficient (Wildman–Crippen LogP) is 0.604. The summed E-state index contributed by atoms with van der Waals surface area (Å²) in [5.41, 5.74) is 5.68. The summed E-state index contributed by atoms with van der Waals surface area (Å²) in [5.74, 6) is 0.720. The lowest BCUT2D eigenvalue weighted by atomic mass is 10.2. The van der Waals surface area contributed by atoms with Gasteiger partial charge in [0.25, 0.3) is 0 Å². The number of halogens is 1. The second kappa shape index (κ2) is 9.89. The number of nitrogens with two attached hydrogens (primary N) is 1. The number of morpholine rings is 1. The number of rotatable bonds is 6. The quantitative estimate of drug-likeness (QED) is 0.353. The number of aliphatic imine (C=N–C) groups is 1. The molecule has 22 heavy (non-hydrogen) atoms. The Bertz CT molecular complexity index is 446. The van der Waals surface area contributed by atoms with Gasteiger partial charge in [-0.1, -0.05) is 13.8 Å². The fourth-order valence-electron chi connectivity index (χ4n) is 2.13. The largest absolute Gasteiger partial charge is 0.373 e. The van der Waals surface area contributed by atoms with E-state index in [1.54, 1.807) is 0 Å². The third-order valence-electron chi connectivity index (χ3n) is 3.07. The number of hydrogen-bond donors (Lipinski definition) is 2. The van der Waals surface area contributed by atoms with E-state index in [0.717, 1.165) is 0 Å². The molecular formula is C13H29IN4O3S. The lowest BCUT2D eigenvalue weighted by Crippen LogP contribution is -2.50. The standard InChI is InChI=1S/C13H28N4O3S.HI/c1-10(2)7-16-13(14)15-5-6-21(18,19)17-8-11(3)20-12(4)9-17;/h10-12H,5-9H2,1-4H3,(H3,14,15,16);1H. The monoisotopic (exact) mass is 448 g/mol. The normalized spacial score (nSPS) is 24.1. The first-order valence-electron chi connectivity index (χ1n) is 7.37. The summed E-state index contributed by atoms with van der Waals surface area (Å²) in [6.45, 7) is 9.55. The minimum absolute atomic E-state index is 0. The van der Waals surface area contributed by atoms with E-state index in [2.05, 4.69) is 10.3 Å². The maximum atomic E-state index is 12.3. The van der Waals surface area contributed by atoms with Gasteiger partial charge < -0.3 is 15.8 Å². The third kappa shape index (κ3) is 7.93. The highest BCUT2D eigenvalue weighted by Gasteiger charge is 2.30. The number of hydrogen-bond acceptors (Lipinski definition) is 4. The van der Waals surface area contributed by atoms with Crippen molar-refractivity contribution in [3.05, 3.63) is 0 Å². The number of guanidine groups is 1. The SMILES string of the molecule is CC(C)CN=C(N)NCCS(=O)(=O)N1CC(C)OC(C)C1.I. The van der Waals surface area contributed by atoms with Gasteiger partial charge in [0.2, 0.25) is 10.0 Å². The van der Waals surface area contributed by atoms with Crippen LogP contribution in [0.15, 0.2) is 4.99 Å². The van der Waals surface area contributed by atoms with Crippen LogP contribution in [0.25, 0.3) is 0 Å². The highest BCUT2D eigenvalue weighted by Crippen LogP contribution is 2.14. The van der Waals surface area contributed by atoms with E-state index in [1.807, 2.05) is 27.7 Å². The average molecular weight is 448 g/mol. The Balaban J connectivity index is 0.00000441. The number of nitrogens with zero attached hydrogens (tertiary/aromatic N) is 2. The molecule has 0 aromatic carbocycles. The topological polar surface area (TPSA) is 97.0 Å². The van der Waals surface area contributed by atoms with Crippen molar-refractivity contribution >= 4 is 40.0 Å². The zero-order chi connectivity index (χ0) is 16.0. The van der Waals surface area contributed by atoms with Gasteiger partial charge in [0.1, 0.15) is 0 Å². The molecule has 3 N–H and O–H groups in total. The lowest BCUT2D eigenvalue weighted by Gasteiger charge is -2.34. The first-order chi connectivity index (χ1) is 9.70. The van der Waals surface area contributed by atoms with Crippen LogP contribution in [-0.2, 0) is 14.8 Å². The van der Waals surface area contributed by atoms with Gasteiger partial charge in [0, 0.05) is 26.2 Å². The Morgan fingerprint density at radius 1 is 1.36 bits per heavy atom. The van der Waals surface area contributed by atoms with Gasteiger partial charge in [-0.05, 0) is 19.8 Å². The fraction of sp³-hybridized carbons (Fsp3) is 0.923. The Labute approximate surface area is 151 Å². The van der Waals surface area contributed by atoms with E-state index in [-0.39, 0.29) is 48.5 Å². The van der Waals surface area contributed by atoms with Crippen molar-refractivity contribution in [2.45, 2.75) is 39.9 Å². The maximum absolute atomic E-state index is 12.3. The Morgan fingerprint density at radius 2 is 1.91 bits per heavy atom. The van der Waals surface area contributed by atoms with E-state index in [1.165, 1.54) is 4.31 Å². The zero-order valence-electron chi connectivity index (χ0n) is 13.8. The molecule has 0 spiro atoms. The van der Waals surface area contributed by atoms with E-state index >= 15 is 0 Å². The van der Waals surface area contributed by atoms with E-state index in [0.29, 0.717) is 31.5 Å². The van der Waals surface area contributed by atoms with Crippen LogP contribution in [-0.4, -0.2) is 62.8 Å². The van der Waals surface area contributed by atoms with Crippen LogP contribution < -0.4 is 11.1 Å². The molecule has 7 nitrogen and oxygen atoms in total. The summed E-state index contributed by atoms with van der Waals surface area (Å²) < 4.78 is 31.6. The van der Waals surface area contributed by atoms with Crippen molar-refractivity contribution < 1.29 is 13.2 Å². The molecule has 2 atom stereocenters. The molecule has 9 heteroatoms. The van der Waals surface area contributed by atoms with Crippen LogP contribution in [0.3, 0.4) is 0 Å². The summed E-state index contributed by atoms with van der Waals surface area (Å²) in [4.78, 5) is 4.13. The minimum Gasteiger partial charge on any atom is -0.373 e. The second-order valence-electron chi connectivity index (χ2n) is 5.94. The van der Waals surface area contributed by atoms with Gasteiger partial charge in [0.15, 0.2) is 5.96 Å². The van der Waals surface area contributed by atoms with Crippen LogP contribution >= 0.6 is 24.0 Å². The molecule has 1 heterocycles. The van der Waals surface area contributed by atoms with E-state index in [4.69, 9.17) is 10.5 Å². The van der Waals surface area contributed by atoms with Gasteiger partial charge in [-0.3, -0.25) is 4.99 Å². The molecule has 0 bridgehead atoms. The smallest absolute Gasteiger partial charge is 0.216 e. The highest BCUT2D eigenvalue weighted by atomic mass is 127. The van der Waals surface area contributed by atoms with Gasteiger partial charge in [0.05, 0.1) is 18.0 Å². The molecule has 1 saturated heterocycles. The van der Waals surface area contributed by atoms with E-state index < -0.39 is 10.0 Å². The zero-order valence-corrected chi connectivity index (χ0v) is 16.9. The molecule has 1 fully saturated rings. The van der Waals surface area contributed by atoms with E-state index in [9.17, 15) is 8.42 Å². The minimum atomic E-state index is -3.30. The van der Waals surface area contributed by atoms with Crippen molar-refractivity contribution in [1.29, 1.82) is 0 Å². The first-order valence-corrected chi connectivity index (χ1v) is 8.98. The fourth-order valence-corrected chi connectivity index (χ4v) is 3.62. The Kier molecular flexibility index (Phi) is 9.83. The first kappa shape index (κ1) is 21.9. The Hall–Kier alpha value is -0.130. The summed E-state index contributed by atoms with van der Waals surface area (Å²) in [6.07, 6.45) is -0.150. The van der Waals surface area contributed by atoms with Crippen molar-refractivity contribution in [2.75, 3.05) is 31.9 Å². The molecule has 1 rings (SSSR count). The number of sulfonamides is 1. The van der Waals surface area contributed by atoms with Crippen molar-refractivity contribution in [1.82, 2.24) is 9.62 Å². The summed E-state index contributed by atoms with van der Waals surface area (Å²) in [7, 11) is -3.30. The van der Waals surface area contributed by atoms with Crippen molar-refractivity contribution in [3.8, 4) is 0 Å². The maximum Gasteiger partial charge on any atom is 0.216 e. The van der Waals surface area contributed by atoms with Gasteiger partial charge in [-0.15, -0.1) is 24.0 Å². The van der Waals surface area contributed by atoms with Gasteiger partial charge in [-0.2, -0.15) is 4.31 Å². The molecule has 1 aliphatic heterocycles. The lowest BCUT2D eigenvalue weighted by molar-refractivity contribution is -0.0440. The van der Waals surface area contributed by atoms with Crippen molar-refractivity contribution in [3.63, 3.8) is 0 Å². The van der Waals surface area contributed by atoms with Crippen LogP contribution in [0, 0.1) is 5.92 Å². The van der Waals surface area contributed by atoms with Crippen LogP contribution in [0.1, 0.15) is 27.7 Å². The Morgan fingerprint density at radius 3 is 2.41 bits per heavy atom. The molecule has 1 aliphatic rings. The molecule has 0 aromatic heterocycles. The molecule has 0 radical (unpaired) electrons. The highest BCUT2D eigenvalue weighted by molar-refractivity contribution is 14.0. The molecule has 2 unspecified atom stereocenters. The molecule has 132 valence electrons. The van der Waals surface area contributed by atoms with Crippen LogP contribution in [0.4, 0.5) is 0 Å². The molecule has 0 amide bonds. The number of ether oxygens (including phenoxy) is 1. The molecule has 0 aromatic rings. The molecule has 0 saturated carbocycles. The summed E-state index contributed by atoms with van der Waals surface area (Å²) in [5, 5.41) is 2.85. The van der Waals surface area contributed by atoms with Gasteiger partial charge in [-0.25, -0.2) is 8.42 Å². The van der Waals surface area contributed by atoms with Crippen molar-refractivity contribution in [2.24, 2.45) is 16.6 Å². The second-order valence-corrected chi connectivity index (χ2v) is 8.03. The predicted molar refractivity (Wildman–Crippen MR) is 100 cm³/mol. The average Bonchev–Trinajstić information content (AvgIpc) is 2.35. The third-order valence-corrected chi connectivity index (χ3v) is 4.88. The van der Waals surface area contributed by atoms with Crippen LogP contribution in [0.2, 0.25) is 0 Å². The molecule has 0 aliphatic carbocycles.